The van der Waals surface area contributed by atoms with Crippen molar-refractivity contribution in [2.24, 2.45) is 0 Å². The SMILES string of the molecule is CN(C)S(=O)(=O)c1cc(Cl)cc(Cl)c1OC(=O)COCCOCCNC(=O)COCCOCCCC(=O)CC[C@H](NC(=O)CCCCCCCCCCCCCCCCC(=O)O)C(=O)O. The molecule has 18 nitrogen and oxygen atoms in total. The van der Waals surface area contributed by atoms with Crippen LogP contribution in [-0.4, -0.2) is 138 Å². The number of hydrogen-bond donors (Lipinski definition) is 4. The van der Waals surface area contributed by atoms with Crippen molar-refractivity contribution in [3.8, 4) is 5.75 Å². The first-order valence-corrected chi connectivity index (χ1v) is 24.7. The smallest absolute Gasteiger partial charge is 0.337 e. The first kappa shape index (κ1) is 59.6. The van der Waals surface area contributed by atoms with Crippen molar-refractivity contribution in [1.29, 1.82) is 0 Å². The molecule has 0 fully saturated rings. The van der Waals surface area contributed by atoms with Gasteiger partial charge in [0.05, 0.1) is 38.1 Å². The number of nitrogens with one attached hydrogen (secondary N) is 2. The fraction of sp³-hybridized carbons (Fsp3) is 0.727. The Morgan fingerprint density at radius 2 is 1.15 bits per heavy atom. The third-order valence-electron chi connectivity index (χ3n) is 9.85. The third kappa shape index (κ3) is 30.5. The highest BCUT2D eigenvalue weighted by Gasteiger charge is 2.27. The molecule has 0 heterocycles. The van der Waals surface area contributed by atoms with E-state index in [-0.39, 0.29) is 123 Å². The molecular formula is C44H71Cl2N3O15S. The molecule has 0 unspecified atom stereocenters. The number of ether oxygens (including phenoxy) is 5. The summed E-state index contributed by atoms with van der Waals surface area (Å²) in [6, 6.07) is 1.25. The number of aliphatic carboxylic acids is 2. The summed E-state index contributed by atoms with van der Waals surface area (Å²) in [5.74, 6) is -3.97. The molecule has 65 heavy (non-hydrogen) atoms. The number of nitrogens with zero attached hydrogens (tertiary/aromatic N) is 1. The highest BCUT2D eigenvalue weighted by molar-refractivity contribution is 7.89. The third-order valence-corrected chi connectivity index (χ3v) is 12.2. The number of sulfonamides is 1. The first-order chi connectivity index (χ1) is 31.0. The van der Waals surface area contributed by atoms with Gasteiger partial charge in [0.2, 0.25) is 21.8 Å². The van der Waals surface area contributed by atoms with Crippen molar-refractivity contribution >= 4 is 68.7 Å². The van der Waals surface area contributed by atoms with Crippen LogP contribution < -0.4 is 15.4 Å². The summed E-state index contributed by atoms with van der Waals surface area (Å²) in [6.07, 6.45) is 16.2. The Morgan fingerprint density at radius 1 is 0.631 bits per heavy atom. The van der Waals surface area contributed by atoms with E-state index in [1.807, 2.05) is 0 Å². The van der Waals surface area contributed by atoms with Gasteiger partial charge in [0.25, 0.3) is 0 Å². The number of esters is 1. The Balaban J connectivity index is 2.01. The lowest BCUT2D eigenvalue weighted by atomic mass is 10.0. The second-order valence-electron chi connectivity index (χ2n) is 15.6. The van der Waals surface area contributed by atoms with Crippen LogP contribution in [0.15, 0.2) is 17.0 Å². The normalized spacial score (nSPS) is 12.0. The standard InChI is InChI=1S/C44H71Cl2N3O15S/c1-49(2)65(58,59)38-31-34(45)30-36(46)43(38)64-42(55)33-63-29-27-61-25-23-47-40(52)32-62-28-26-60-24-17-18-35(50)21-22-37(44(56)57)48-39(51)19-15-13-11-9-7-5-3-4-6-8-10-12-14-16-20-41(53)54/h30-31,37H,3-29,32-33H2,1-2H3,(H,47,52)(H,48,51)(H,53,54)(H,56,57)/t37-/m0/s1. The monoisotopic (exact) mass is 983 g/mol. The molecule has 1 aromatic carbocycles. The number of rotatable bonds is 42. The predicted molar refractivity (Wildman–Crippen MR) is 244 cm³/mol. The maximum atomic E-state index is 12.6. The molecule has 0 bridgehead atoms. The van der Waals surface area contributed by atoms with Gasteiger partial charge in [0.15, 0.2) is 5.75 Å². The first-order valence-electron chi connectivity index (χ1n) is 22.5. The van der Waals surface area contributed by atoms with Crippen LogP contribution in [0, 0.1) is 0 Å². The zero-order valence-electron chi connectivity index (χ0n) is 38.1. The van der Waals surface area contributed by atoms with E-state index in [4.69, 9.17) is 52.0 Å². The Kier molecular flexibility index (Phi) is 33.6. The molecule has 2 amide bonds. The highest BCUT2D eigenvalue weighted by atomic mass is 35.5. The number of ketones is 1. The summed E-state index contributed by atoms with van der Waals surface area (Å²) in [5, 5.41) is 23.2. The lowest BCUT2D eigenvalue weighted by Gasteiger charge is -2.16. The van der Waals surface area contributed by atoms with Crippen molar-refractivity contribution in [3.63, 3.8) is 0 Å². The number of halogens is 2. The second-order valence-corrected chi connectivity index (χ2v) is 18.6. The van der Waals surface area contributed by atoms with Gasteiger partial charge in [-0.05, 0) is 37.8 Å². The van der Waals surface area contributed by atoms with Gasteiger partial charge in [-0.25, -0.2) is 22.3 Å². The molecule has 0 aliphatic rings. The number of carboxylic acids is 2. The second kappa shape index (κ2) is 36.7. The van der Waals surface area contributed by atoms with E-state index in [1.54, 1.807) is 0 Å². The average Bonchev–Trinajstić information content (AvgIpc) is 3.24. The summed E-state index contributed by atoms with van der Waals surface area (Å²) in [4.78, 5) is 70.8. The minimum absolute atomic E-state index is 0.00953. The van der Waals surface area contributed by atoms with Crippen LogP contribution in [0.5, 0.6) is 5.75 Å². The molecule has 4 N–H and O–H groups in total. The van der Waals surface area contributed by atoms with E-state index in [0.717, 1.165) is 55.3 Å². The predicted octanol–water partition coefficient (Wildman–Crippen LogP) is 6.36. The molecule has 0 aliphatic heterocycles. The Bertz CT molecular complexity index is 1680. The molecule has 372 valence electrons. The van der Waals surface area contributed by atoms with Crippen LogP contribution in [0.2, 0.25) is 10.0 Å². The Labute approximate surface area is 394 Å². The number of benzene rings is 1. The topological polar surface area (TPSA) is 250 Å². The lowest BCUT2D eigenvalue weighted by Crippen LogP contribution is -2.41. The van der Waals surface area contributed by atoms with Crippen molar-refractivity contribution < 1.29 is 71.1 Å². The number of carboxylic acid groups (broad SMARTS) is 2. The van der Waals surface area contributed by atoms with Gasteiger partial charge in [-0.15, -0.1) is 0 Å². The highest BCUT2D eigenvalue weighted by Crippen LogP contribution is 2.36. The number of carbonyl (C=O) groups is 6. The summed E-state index contributed by atoms with van der Waals surface area (Å²) in [7, 11) is -1.41. The van der Waals surface area contributed by atoms with Crippen LogP contribution in [0.3, 0.4) is 0 Å². The van der Waals surface area contributed by atoms with E-state index >= 15 is 0 Å². The molecule has 1 aromatic rings. The maximum Gasteiger partial charge on any atom is 0.337 e. The fourth-order valence-electron chi connectivity index (χ4n) is 6.25. The molecule has 0 aliphatic carbocycles. The minimum atomic E-state index is -4.02. The molecule has 0 aromatic heterocycles. The van der Waals surface area contributed by atoms with E-state index in [0.29, 0.717) is 12.8 Å². The van der Waals surface area contributed by atoms with Crippen LogP contribution in [0.4, 0.5) is 0 Å². The fourth-order valence-corrected chi connectivity index (χ4v) is 7.96. The van der Waals surface area contributed by atoms with Gasteiger partial charge in [0.1, 0.15) is 29.9 Å². The van der Waals surface area contributed by atoms with Crippen LogP contribution in [0.1, 0.15) is 128 Å². The molecule has 0 saturated heterocycles. The van der Waals surface area contributed by atoms with Crippen LogP contribution in [-0.2, 0) is 57.7 Å². The summed E-state index contributed by atoms with van der Waals surface area (Å²) in [5.41, 5.74) is 0. The molecule has 1 atom stereocenters. The number of unbranched alkanes of at least 4 members (excludes halogenated alkanes) is 13. The summed E-state index contributed by atoms with van der Waals surface area (Å²) in [6.45, 7) is 0.379. The van der Waals surface area contributed by atoms with Crippen molar-refractivity contribution in [1.82, 2.24) is 14.9 Å². The number of amides is 2. The van der Waals surface area contributed by atoms with Crippen molar-refractivity contribution in [3.05, 3.63) is 22.2 Å². The Hall–Kier alpha value is -3.43. The molecular weight excluding hydrogens is 913 g/mol. The van der Waals surface area contributed by atoms with Crippen molar-refractivity contribution in [2.45, 2.75) is 139 Å². The van der Waals surface area contributed by atoms with E-state index in [9.17, 15) is 42.3 Å². The quantitative estimate of drug-likeness (QED) is 0.0316. The van der Waals surface area contributed by atoms with Gasteiger partial charge >= 0.3 is 17.9 Å². The number of carbonyl (C=O) groups excluding carboxylic acids is 4. The zero-order chi connectivity index (χ0) is 48.3. The van der Waals surface area contributed by atoms with E-state index in [2.05, 4.69) is 10.6 Å². The van der Waals surface area contributed by atoms with E-state index in [1.165, 1.54) is 58.7 Å². The maximum absolute atomic E-state index is 12.6. The van der Waals surface area contributed by atoms with E-state index < -0.39 is 40.6 Å². The number of Topliss-reactive ketones (excluding diaryl/α,β-unsaturated/α-hetero) is 1. The van der Waals surface area contributed by atoms with Gasteiger partial charge in [-0.2, -0.15) is 0 Å². The molecule has 0 spiro atoms. The summed E-state index contributed by atoms with van der Waals surface area (Å²) < 4.78 is 52.6. The van der Waals surface area contributed by atoms with Gasteiger partial charge in [-0.3, -0.25) is 19.2 Å². The average molecular weight is 985 g/mol. The van der Waals surface area contributed by atoms with Gasteiger partial charge in [0, 0.05) is 58.0 Å². The van der Waals surface area contributed by atoms with Gasteiger partial charge < -0.3 is 44.5 Å². The minimum Gasteiger partial charge on any atom is -0.481 e. The molecule has 21 heteroatoms. The lowest BCUT2D eigenvalue weighted by molar-refractivity contribution is -0.142. The van der Waals surface area contributed by atoms with Crippen LogP contribution >= 0.6 is 23.2 Å². The van der Waals surface area contributed by atoms with Crippen LogP contribution in [0.25, 0.3) is 0 Å². The molecule has 1 rings (SSSR count). The largest absolute Gasteiger partial charge is 0.481 e. The molecule has 0 saturated carbocycles. The zero-order valence-corrected chi connectivity index (χ0v) is 40.4. The molecule has 0 radical (unpaired) electrons. The summed E-state index contributed by atoms with van der Waals surface area (Å²) >= 11 is 12.0. The van der Waals surface area contributed by atoms with Crippen molar-refractivity contribution in [2.75, 3.05) is 73.5 Å². The van der Waals surface area contributed by atoms with Gasteiger partial charge in [-0.1, -0.05) is 100 Å². The Morgan fingerprint density at radius 3 is 1.71 bits per heavy atom. The number of hydrogen-bond acceptors (Lipinski definition) is 13.